The smallest absolute Gasteiger partial charge is 0.399 e. The van der Waals surface area contributed by atoms with E-state index < -0.39 is 6.09 Å². The number of anilines is 4. The summed E-state index contributed by atoms with van der Waals surface area (Å²) < 4.78 is 7.10. The summed E-state index contributed by atoms with van der Waals surface area (Å²) in [7, 11) is 1.67. The largest absolute Gasteiger partial charge is 0.417 e. The first-order chi connectivity index (χ1) is 17.8. The van der Waals surface area contributed by atoms with Gasteiger partial charge in [-0.15, -0.1) is 11.3 Å². The monoisotopic (exact) mass is 515 g/mol. The molecule has 2 aromatic carbocycles. The molecule has 0 fully saturated rings. The number of nitrogens with two attached hydrogens (primary N) is 1. The summed E-state index contributed by atoms with van der Waals surface area (Å²) in [5.74, 6) is 0.838. The van der Waals surface area contributed by atoms with Crippen molar-refractivity contribution in [3.63, 3.8) is 0 Å². The average molecular weight is 516 g/mol. The number of hydrogen-bond acceptors (Lipinski definition) is 7. The Morgan fingerprint density at radius 1 is 1.22 bits per heavy atom. The summed E-state index contributed by atoms with van der Waals surface area (Å²) in [6.45, 7) is 4.15. The molecule has 4 aromatic rings. The van der Waals surface area contributed by atoms with E-state index in [0.717, 1.165) is 30.4 Å². The van der Waals surface area contributed by atoms with Crippen molar-refractivity contribution in [2.24, 2.45) is 13.0 Å². The number of nitrogens with one attached hydrogen (secondary N) is 2. The third kappa shape index (κ3) is 5.36. The average Bonchev–Trinajstić information content (AvgIpc) is 3.24. The number of carbonyl (C=O) groups is 1. The number of fused-ring (bicyclic) bond motifs is 1. The molecule has 1 amide bonds. The van der Waals surface area contributed by atoms with E-state index in [1.165, 1.54) is 15.0 Å². The number of nitrogen functional groups attached to an aromatic ring is 1. The van der Waals surface area contributed by atoms with Gasteiger partial charge in [-0.3, -0.25) is 10.1 Å². The minimum atomic E-state index is -0.538. The van der Waals surface area contributed by atoms with Crippen LogP contribution < -0.4 is 26.7 Å². The summed E-state index contributed by atoms with van der Waals surface area (Å²) in [4.78, 5) is 31.4. The Morgan fingerprint density at radius 2 is 2.03 bits per heavy atom. The number of aryl methyl sites for hydroxylation is 2. The molecule has 0 saturated heterocycles. The van der Waals surface area contributed by atoms with Gasteiger partial charge < -0.3 is 20.4 Å². The standard InChI is InChI=1S/C28H29N5O3S/c1-16-10-11-18-13-25(37-24(18)12-16)36-28(35)32-22-9-5-8-21(17(22)2)23-15-33(3)27(34)26(31-23)30-20-7-4-6-19(29)14-20/h4-9,13-16H,10-12,29H2,1-3H3,(H,30,31)(H,32,35). The van der Waals surface area contributed by atoms with Crippen LogP contribution in [0.3, 0.4) is 0 Å². The van der Waals surface area contributed by atoms with Crippen LogP contribution in [0.15, 0.2) is 59.5 Å². The third-order valence-corrected chi connectivity index (χ3v) is 7.65. The van der Waals surface area contributed by atoms with Gasteiger partial charge in [-0.25, -0.2) is 9.78 Å². The van der Waals surface area contributed by atoms with Gasteiger partial charge in [0.15, 0.2) is 10.9 Å². The summed E-state index contributed by atoms with van der Waals surface area (Å²) in [6, 6.07) is 14.7. The van der Waals surface area contributed by atoms with E-state index in [2.05, 4.69) is 22.5 Å². The Balaban J connectivity index is 1.37. The highest BCUT2D eigenvalue weighted by molar-refractivity contribution is 7.14. The summed E-state index contributed by atoms with van der Waals surface area (Å²) in [5, 5.41) is 6.55. The van der Waals surface area contributed by atoms with E-state index in [-0.39, 0.29) is 11.4 Å². The van der Waals surface area contributed by atoms with Crippen LogP contribution in [-0.4, -0.2) is 15.6 Å². The molecular formula is C28H29N5O3S. The lowest BCUT2D eigenvalue weighted by Crippen LogP contribution is -2.21. The Hall–Kier alpha value is -4.11. The van der Waals surface area contributed by atoms with Gasteiger partial charge >= 0.3 is 6.09 Å². The Bertz CT molecular complexity index is 1540. The van der Waals surface area contributed by atoms with Crippen LogP contribution in [0.5, 0.6) is 5.06 Å². The van der Waals surface area contributed by atoms with Gasteiger partial charge in [0, 0.05) is 40.7 Å². The molecule has 4 N–H and O–H groups in total. The van der Waals surface area contributed by atoms with Gasteiger partial charge in [0.05, 0.1) is 5.69 Å². The second-order valence-electron chi connectivity index (χ2n) is 9.50. The van der Waals surface area contributed by atoms with E-state index in [1.807, 2.05) is 37.3 Å². The highest BCUT2D eigenvalue weighted by Gasteiger charge is 2.20. The van der Waals surface area contributed by atoms with Crippen LogP contribution in [0.4, 0.5) is 27.7 Å². The quantitative estimate of drug-likeness (QED) is 0.286. The number of ether oxygens (including phenoxy) is 1. The van der Waals surface area contributed by atoms with Crippen molar-refractivity contribution in [1.29, 1.82) is 0 Å². The first-order valence-corrected chi connectivity index (χ1v) is 13.0. The predicted octanol–water partition coefficient (Wildman–Crippen LogP) is 5.88. The predicted molar refractivity (Wildman–Crippen MR) is 149 cm³/mol. The topological polar surface area (TPSA) is 111 Å². The van der Waals surface area contributed by atoms with Crippen molar-refractivity contribution in [2.75, 3.05) is 16.4 Å². The molecule has 0 saturated carbocycles. The van der Waals surface area contributed by atoms with Crippen molar-refractivity contribution in [3.05, 3.63) is 81.1 Å². The number of nitrogens with zero attached hydrogens (tertiary/aromatic N) is 2. The Kier molecular flexibility index (Phi) is 6.71. The molecule has 5 rings (SSSR count). The first-order valence-electron chi connectivity index (χ1n) is 12.2. The molecule has 37 heavy (non-hydrogen) atoms. The molecule has 0 radical (unpaired) electrons. The van der Waals surface area contributed by atoms with Crippen LogP contribution in [0.25, 0.3) is 11.3 Å². The second-order valence-corrected chi connectivity index (χ2v) is 10.6. The fourth-order valence-corrected chi connectivity index (χ4v) is 5.76. The lowest BCUT2D eigenvalue weighted by Gasteiger charge is -2.16. The minimum absolute atomic E-state index is 0.179. The number of hydrogen-bond donors (Lipinski definition) is 3. The van der Waals surface area contributed by atoms with E-state index in [0.29, 0.717) is 33.7 Å². The van der Waals surface area contributed by atoms with Gasteiger partial charge in [0.2, 0.25) is 0 Å². The number of amides is 1. The minimum Gasteiger partial charge on any atom is -0.399 e. The molecule has 0 spiro atoms. The zero-order valence-corrected chi connectivity index (χ0v) is 21.8. The molecule has 190 valence electrons. The van der Waals surface area contributed by atoms with E-state index in [1.54, 1.807) is 42.8 Å². The Morgan fingerprint density at radius 3 is 2.84 bits per heavy atom. The molecule has 1 aliphatic carbocycles. The van der Waals surface area contributed by atoms with Crippen molar-refractivity contribution in [1.82, 2.24) is 9.55 Å². The van der Waals surface area contributed by atoms with Crippen molar-refractivity contribution in [3.8, 4) is 16.3 Å². The SMILES string of the molecule is Cc1c(NC(=O)Oc2cc3c(s2)CC(C)CC3)cccc1-c1cn(C)c(=O)c(Nc2cccc(N)c2)n1. The van der Waals surface area contributed by atoms with Crippen molar-refractivity contribution >= 4 is 40.3 Å². The number of carbonyl (C=O) groups excluding carboxylic acids is 1. The molecular weight excluding hydrogens is 486 g/mol. The van der Waals surface area contributed by atoms with Gasteiger partial charge in [-0.2, -0.15) is 0 Å². The molecule has 9 heteroatoms. The fourth-order valence-electron chi connectivity index (χ4n) is 4.54. The molecule has 2 aromatic heterocycles. The van der Waals surface area contributed by atoms with Crippen molar-refractivity contribution in [2.45, 2.75) is 33.1 Å². The summed E-state index contributed by atoms with van der Waals surface area (Å²) >= 11 is 1.55. The maximum Gasteiger partial charge on any atom is 0.417 e. The van der Waals surface area contributed by atoms with Crippen molar-refractivity contribution < 1.29 is 9.53 Å². The molecule has 8 nitrogen and oxygen atoms in total. The van der Waals surface area contributed by atoms with Crippen LogP contribution in [0, 0.1) is 12.8 Å². The number of aromatic nitrogens is 2. The van der Waals surface area contributed by atoms with E-state index in [4.69, 9.17) is 10.5 Å². The normalized spacial score (nSPS) is 14.6. The number of benzene rings is 2. The summed E-state index contributed by atoms with van der Waals surface area (Å²) in [5.41, 5.74) is 10.9. The molecule has 2 heterocycles. The zero-order chi connectivity index (χ0) is 26.1. The molecule has 0 aliphatic heterocycles. The lowest BCUT2D eigenvalue weighted by molar-refractivity contribution is 0.216. The van der Waals surface area contributed by atoms with Crippen LogP contribution in [-0.2, 0) is 19.9 Å². The van der Waals surface area contributed by atoms with Gasteiger partial charge in [0.25, 0.3) is 5.56 Å². The number of rotatable bonds is 5. The highest BCUT2D eigenvalue weighted by Crippen LogP contribution is 2.36. The Labute approximate surface area is 219 Å². The maximum absolute atomic E-state index is 12.7. The third-order valence-electron chi connectivity index (χ3n) is 6.57. The zero-order valence-electron chi connectivity index (χ0n) is 21.0. The fraction of sp³-hybridized carbons (Fsp3) is 0.250. The lowest BCUT2D eigenvalue weighted by atomic mass is 9.91. The first kappa shape index (κ1) is 24.6. The molecule has 0 bridgehead atoms. The van der Waals surface area contributed by atoms with Gasteiger partial charge in [0.1, 0.15) is 0 Å². The number of thiophene rings is 1. The van der Waals surface area contributed by atoms with Crippen LogP contribution in [0.1, 0.15) is 29.3 Å². The molecule has 1 unspecified atom stereocenters. The van der Waals surface area contributed by atoms with Crippen LogP contribution >= 0.6 is 11.3 Å². The summed E-state index contributed by atoms with van der Waals surface area (Å²) in [6.07, 6.45) is 4.36. The van der Waals surface area contributed by atoms with E-state index >= 15 is 0 Å². The molecule has 1 aliphatic rings. The maximum atomic E-state index is 12.7. The molecule has 1 atom stereocenters. The van der Waals surface area contributed by atoms with Gasteiger partial charge in [-0.05, 0) is 73.6 Å². The van der Waals surface area contributed by atoms with E-state index in [9.17, 15) is 9.59 Å². The van der Waals surface area contributed by atoms with Gasteiger partial charge in [-0.1, -0.05) is 25.1 Å². The highest BCUT2D eigenvalue weighted by atomic mass is 32.1. The second kappa shape index (κ2) is 10.1. The van der Waals surface area contributed by atoms with Crippen LogP contribution in [0.2, 0.25) is 0 Å².